The number of carbonyl (C=O) groups excluding carboxylic acids is 1. The van der Waals surface area contributed by atoms with Crippen molar-refractivity contribution < 1.29 is 4.79 Å². The molecule has 1 saturated carbocycles. The van der Waals surface area contributed by atoms with Crippen LogP contribution in [0.25, 0.3) is 5.69 Å². The molecule has 2 fully saturated rings. The molecule has 2 aliphatic rings. The molecule has 1 atom stereocenters. The fourth-order valence-corrected chi connectivity index (χ4v) is 5.76. The highest BCUT2D eigenvalue weighted by atomic mass is 32.2. The van der Waals surface area contributed by atoms with Crippen LogP contribution in [0.5, 0.6) is 0 Å². The van der Waals surface area contributed by atoms with Gasteiger partial charge >= 0.3 is 0 Å². The average molecular weight is 442 g/mol. The molecule has 168 valence electrons. The van der Waals surface area contributed by atoms with Gasteiger partial charge < -0.3 is 4.90 Å². The molecule has 31 heavy (non-hydrogen) atoms. The van der Waals surface area contributed by atoms with Gasteiger partial charge in [-0.25, -0.2) is 0 Å². The van der Waals surface area contributed by atoms with Crippen molar-refractivity contribution in [2.24, 2.45) is 0 Å². The maximum absolute atomic E-state index is 13.2. The van der Waals surface area contributed by atoms with Gasteiger partial charge in [0.2, 0.25) is 5.91 Å². The van der Waals surface area contributed by atoms with Crippen LogP contribution in [0.15, 0.2) is 35.5 Å². The summed E-state index contributed by atoms with van der Waals surface area (Å²) in [6, 6.07) is 10.7. The van der Waals surface area contributed by atoms with E-state index in [2.05, 4.69) is 31.8 Å². The summed E-state index contributed by atoms with van der Waals surface area (Å²) in [6.07, 6.45) is 9.82. The van der Waals surface area contributed by atoms with Crippen LogP contribution in [0.2, 0.25) is 0 Å². The predicted octanol–water partition coefficient (Wildman–Crippen LogP) is 4.52. The Morgan fingerprint density at radius 2 is 1.74 bits per heavy atom. The molecule has 1 aliphatic carbocycles. The number of aromatic nitrogens is 3. The highest BCUT2D eigenvalue weighted by Gasteiger charge is 2.28. The van der Waals surface area contributed by atoms with Crippen molar-refractivity contribution in [1.29, 1.82) is 0 Å². The molecule has 6 nitrogen and oxygen atoms in total. The number of para-hydroxylation sites is 1. The van der Waals surface area contributed by atoms with Crippen molar-refractivity contribution >= 4 is 17.7 Å². The summed E-state index contributed by atoms with van der Waals surface area (Å²) in [4.78, 5) is 17.6. The molecule has 2 aromatic rings. The van der Waals surface area contributed by atoms with E-state index in [1.807, 2.05) is 37.1 Å². The van der Waals surface area contributed by atoms with Gasteiger partial charge in [0.15, 0.2) is 11.0 Å². The third kappa shape index (κ3) is 5.50. The lowest BCUT2D eigenvalue weighted by Gasteiger charge is -2.32. The van der Waals surface area contributed by atoms with Gasteiger partial charge in [0.25, 0.3) is 0 Å². The maximum atomic E-state index is 13.2. The van der Waals surface area contributed by atoms with Crippen LogP contribution in [0.1, 0.15) is 64.1 Å². The topological polar surface area (TPSA) is 54.3 Å². The van der Waals surface area contributed by atoms with Crippen molar-refractivity contribution in [3.8, 4) is 5.69 Å². The smallest absolute Gasteiger partial charge is 0.235 e. The third-order valence-electron chi connectivity index (χ3n) is 6.63. The quantitative estimate of drug-likeness (QED) is 0.591. The normalized spacial score (nSPS) is 19.3. The Bertz CT molecular complexity index is 843. The van der Waals surface area contributed by atoms with Crippen molar-refractivity contribution in [2.75, 3.05) is 20.1 Å². The number of thioether (sulfide) groups is 1. The van der Waals surface area contributed by atoms with E-state index in [0.717, 1.165) is 49.1 Å². The molecular formula is C24H35N5OS. The van der Waals surface area contributed by atoms with Gasteiger partial charge in [-0.2, -0.15) is 0 Å². The Labute approximate surface area is 190 Å². The van der Waals surface area contributed by atoms with E-state index in [4.69, 9.17) is 0 Å². The minimum absolute atomic E-state index is 0.192. The Balaban J connectivity index is 1.52. The molecular weight excluding hydrogens is 406 g/mol. The second kappa shape index (κ2) is 10.6. The number of likely N-dealkylation sites (tertiary alicyclic amines) is 1. The van der Waals surface area contributed by atoms with E-state index in [1.54, 1.807) is 0 Å². The van der Waals surface area contributed by atoms with Gasteiger partial charge in [-0.3, -0.25) is 14.3 Å². The molecule has 2 heterocycles. The van der Waals surface area contributed by atoms with E-state index >= 15 is 0 Å². The highest BCUT2D eigenvalue weighted by molar-refractivity contribution is 8.00. The molecule has 1 aromatic heterocycles. The lowest BCUT2D eigenvalue weighted by molar-refractivity contribution is -0.131. The average Bonchev–Trinajstić information content (AvgIpc) is 3.21. The fourth-order valence-electron chi connectivity index (χ4n) is 4.78. The maximum Gasteiger partial charge on any atom is 0.235 e. The first kappa shape index (κ1) is 22.3. The largest absolute Gasteiger partial charge is 0.342 e. The number of piperidine rings is 1. The number of hydrogen-bond acceptors (Lipinski definition) is 5. The van der Waals surface area contributed by atoms with Crippen molar-refractivity contribution in [1.82, 2.24) is 24.6 Å². The number of hydrogen-bond donors (Lipinski definition) is 0. The summed E-state index contributed by atoms with van der Waals surface area (Å²) in [7, 11) is 1.97. The minimum atomic E-state index is -0.193. The van der Waals surface area contributed by atoms with Crippen LogP contribution < -0.4 is 0 Å². The first-order chi connectivity index (χ1) is 15.1. The summed E-state index contributed by atoms with van der Waals surface area (Å²) >= 11 is 1.53. The molecule has 1 amide bonds. The van der Waals surface area contributed by atoms with E-state index in [-0.39, 0.29) is 11.2 Å². The zero-order valence-electron chi connectivity index (χ0n) is 18.9. The van der Waals surface area contributed by atoms with Gasteiger partial charge in [0.1, 0.15) is 0 Å². The summed E-state index contributed by atoms with van der Waals surface area (Å²) in [5.41, 5.74) is 1.06. The predicted molar refractivity (Wildman–Crippen MR) is 125 cm³/mol. The summed E-state index contributed by atoms with van der Waals surface area (Å²) < 4.78 is 2.14. The number of carbonyl (C=O) groups is 1. The van der Waals surface area contributed by atoms with Crippen LogP contribution >= 0.6 is 11.8 Å². The number of rotatable bonds is 7. The Hall–Kier alpha value is -1.86. The minimum Gasteiger partial charge on any atom is -0.342 e. The summed E-state index contributed by atoms with van der Waals surface area (Å²) in [5.74, 6) is 1.15. The van der Waals surface area contributed by atoms with Crippen LogP contribution in [-0.4, -0.2) is 61.9 Å². The summed E-state index contributed by atoms with van der Waals surface area (Å²) in [6.45, 7) is 5.03. The third-order valence-corrected chi connectivity index (χ3v) is 7.66. The SMILES string of the molecule is CC(Sc1nnc(CN2CCCCC2)n1-c1ccccc1)C(=O)N(C)C1CCCCC1. The van der Waals surface area contributed by atoms with Crippen LogP contribution in [-0.2, 0) is 11.3 Å². The first-order valence-electron chi connectivity index (χ1n) is 11.8. The number of nitrogens with zero attached hydrogens (tertiary/aromatic N) is 5. The first-order valence-corrected chi connectivity index (χ1v) is 12.7. The molecule has 0 spiro atoms. The molecule has 7 heteroatoms. The highest BCUT2D eigenvalue weighted by Crippen LogP contribution is 2.29. The Morgan fingerprint density at radius 3 is 2.45 bits per heavy atom. The lowest BCUT2D eigenvalue weighted by Crippen LogP contribution is -2.42. The Kier molecular flexibility index (Phi) is 7.67. The van der Waals surface area contributed by atoms with Gasteiger partial charge in [-0.15, -0.1) is 10.2 Å². The standard InChI is InChI=1S/C24H35N5OS/c1-19(23(30)27(2)20-12-6-3-7-13-20)31-24-26-25-22(18-28-16-10-5-11-17-28)29(24)21-14-8-4-9-15-21/h4,8-9,14-15,19-20H,3,5-7,10-13,16-18H2,1-2H3. The van der Waals surface area contributed by atoms with Crippen molar-refractivity contribution in [3.63, 3.8) is 0 Å². The molecule has 1 aromatic carbocycles. The number of amides is 1. The van der Waals surface area contributed by atoms with E-state index in [0.29, 0.717) is 6.04 Å². The molecule has 0 N–H and O–H groups in total. The molecule has 1 aliphatic heterocycles. The summed E-state index contributed by atoms with van der Waals surface area (Å²) in [5, 5.41) is 9.70. The second-order valence-corrected chi connectivity index (χ2v) is 10.2. The molecule has 4 rings (SSSR count). The van der Waals surface area contributed by atoms with Crippen LogP contribution in [0.3, 0.4) is 0 Å². The van der Waals surface area contributed by atoms with E-state index in [1.165, 1.54) is 50.3 Å². The van der Waals surface area contributed by atoms with Gasteiger partial charge in [0.05, 0.1) is 11.8 Å². The molecule has 1 saturated heterocycles. The number of benzene rings is 1. The van der Waals surface area contributed by atoms with Crippen LogP contribution in [0.4, 0.5) is 0 Å². The molecule has 0 bridgehead atoms. The molecule has 0 radical (unpaired) electrons. The zero-order valence-corrected chi connectivity index (χ0v) is 19.7. The van der Waals surface area contributed by atoms with Crippen molar-refractivity contribution in [3.05, 3.63) is 36.2 Å². The molecule has 1 unspecified atom stereocenters. The van der Waals surface area contributed by atoms with Gasteiger partial charge in [0, 0.05) is 18.8 Å². The van der Waals surface area contributed by atoms with E-state index < -0.39 is 0 Å². The van der Waals surface area contributed by atoms with Gasteiger partial charge in [-0.05, 0) is 57.8 Å². The van der Waals surface area contributed by atoms with Crippen LogP contribution in [0, 0.1) is 0 Å². The second-order valence-electron chi connectivity index (χ2n) is 8.91. The van der Waals surface area contributed by atoms with Gasteiger partial charge in [-0.1, -0.05) is 55.6 Å². The fraction of sp³-hybridized carbons (Fsp3) is 0.625. The zero-order chi connectivity index (χ0) is 21.6. The van der Waals surface area contributed by atoms with Crippen molar-refractivity contribution in [2.45, 2.75) is 81.3 Å². The Morgan fingerprint density at radius 1 is 1.06 bits per heavy atom. The lowest BCUT2D eigenvalue weighted by atomic mass is 9.94. The monoisotopic (exact) mass is 441 g/mol. The van der Waals surface area contributed by atoms with E-state index in [9.17, 15) is 4.79 Å².